The number of aryl methyl sites for hydroxylation is 3. The van der Waals surface area contributed by atoms with Crippen LogP contribution >= 0.6 is 0 Å². The molecule has 0 aliphatic carbocycles. The molecule has 3 rings (SSSR count). The van der Waals surface area contributed by atoms with Gasteiger partial charge >= 0.3 is 8.56 Å². The molecule has 1 aromatic carbocycles. The minimum atomic E-state index is -3.08. The van der Waals surface area contributed by atoms with E-state index in [2.05, 4.69) is 141 Å². The van der Waals surface area contributed by atoms with Gasteiger partial charge in [0.25, 0.3) is 0 Å². The summed E-state index contributed by atoms with van der Waals surface area (Å²) in [6, 6.07) is 4.75. The van der Waals surface area contributed by atoms with E-state index in [1.807, 2.05) is 0 Å². The highest BCUT2D eigenvalue weighted by molar-refractivity contribution is 7.21. The SMILES string of the molecule is Cc1cc(C)c(C2=NO[Si@]3(O[Si](C)(C)C(C)C)C([Si](C)(C)C(C)C)([Si](C)(C)C(C)C)CC[C@]23[Si](C)(C)C(C)C)c(C)c1. The van der Waals surface area contributed by atoms with Gasteiger partial charge in [-0.2, -0.15) is 0 Å². The Kier molecular flexibility index (Phi) is 9.67. The van der Waals surface area contributed by atoms with E-state index >= 15 is 0 Å². The quantitative estimate of drug-likeness (QED) is 0.234. The molecule has 2 atom stereocenters. The third kappa shape index (κ3) is 4.61. The van der Waals surface area contributed by atoms with E-state index < -0.39 is 41.1 Å². The summed E-state index contributed by atoms with van der Waals surface area (Å²) in [5.74, 6) is 0. The topological polar surface area (TPSA) is 30.8 Å². The van der Waals surface area contributed by atoms with Crippen LogP contribution in [0.5, 0.6) is 0 Å². The Labute approximate surface area is 266 Å². The lowest BCUT2D eigenvalue weighted by atomic mass is 9.93. The fourth-order valence-corrected chi connectivity index (χ4v) is 48.8. The highest BCUT2D eigenvalue weighted by atomic mass is 28.5. The molecule has 1 aromatic rings. The van der Waals surface area contributed by atoms with Crippen LogP contribution < -0.4 is 0 Å². The summed E-state index contributed by atoms with van der Waals surface area (Å²) in [4.78, 5) is 0. The second kappa shape index (κ2) is 11.2. The Morgan fingerprint density at radius 2 is 1.12 bits per heavy atom. The average Bonchev–Trinajstić information content (AvgIpc) is 3.29. The van der Waals surface area contributed by atoms with Crippen molar-refractivity contribution in [3.8, 4) is 0 Å². The van der Waals surface area contributed by atoms with E-state index in [-0.39, 0.29) is 8.95 Å². The molecule has 0 amide bonds. The van der Waals surface area contributed by atoms with Gasteiger partial charge in [-0.3, -0.25) is 0 Å². The van der Waals surface area contributed by atoms with Gasteiger partial charge in [-0.15, -0.1) is 5.16 Å². The van der Waals surface area contributed by atoms with Crippen molar-refractivity contribution in [1.82, 2.24) is 0 Å². The number of fused-ring (bicyclic) bond motifs is 1. The van der Waals surface area contributed by atoms with Crippen LogP contribution in [-0.4, -0.2) is 46.8 Å². The smallest absolute Gasteiger partial charge is 0.425 e. The summed E-state index contributed by atoms with van der Waals surface area (Å²) in [7, 11) is -11.3. The standard InChI is InChI=1S/C34H67NO2Si5/c1-24(2)38(12,13)33-20-21-34(39(14,15)25(3)4,40(16,17)26(5)6)42(33,37-41(18,19)27(7)8)36-35-32(33)31-29(10)22-28(9)23-30(31)11/h22-27H,20-21H2,1-19H3/t33-,42-/m1/s1. The van der Waals surface area contributed by atoms with Crippen LogP contribution in [0.2, 0.25) is 83.5 Å². The summed E-state index contributed by atoms with van der Waals surface area (Å²) in [5.41, 5.74) is 9.11. The molecule has 2 heterocycles. The van der Waals surface area contributed by atoms with Gasteiger partial charge < -0.3 is 8.64 Å². The van der Waals surface area contributed by atoms with Gasteiger partial charge in [0.1, 0.15) is 0 Å². The first-order valence-electron chi connectivity index (χ1n) is 16.9. The normalized spacial score (nSPS) is 25.1. The van der Waals surface area contributed by atoms with Gasteiger partial charge in [0, 0.05) is 9.85 Å². The van der Waals surface area contributed by atoms with Crippen LogP contribution in [0.15, 0.2) is 17.3 Å². The highest BCUT2D eigenvalue weighted by Crippen LogP contribution is 2.80. The Hall–Kier alpha value is -0.266. The zero-order valence-corrected chi connectivity index (χ0v) is 36.1. The summed E-state index contributed by atoms with van der Waals surface area (Å²) in [6.07, 6.45) is 2.46. The molecule has 0 unspecified atom stereocenters. The first-order chi connectivity index (χ1) is 18.9. The Morgan fingerprint density at radius 3 is 1.50 bits per heavy atom. The lowest BCUT2D eigenvalue weighted by Crippen LogP contribution is -2.78. The second-order valence-corrected chi connectivity index (χ2v) is 44.4. The number of hydrogen-bond acceptors (Lipinski definition) is 3. The van der Waals surface area contributed by atoms with Crippen LogP contribution in [0.1, 0.15) is 90.5 Å². The molecular weight excluding hydrogens is 595 g/mol. The van der Waals surface area contributed by atoms with Gasteiger partial charge in [0.05, 0.1) is 34.6 Å². The Morgan fingerprint density at radius 1 is 0.690 bits per heavy atom. The van der Waals surface area contributed by atoms with Crippen LogP contribution in [-0.2, 0) is 8.64 Å². The van der Waals surface area contributed by atoms with Crippen molar-refractivity contribution in [1.29, 1.82) is 0 Å². The molecule has 2 aliphatic rings. The highest BCUT2D eigenvalue weighted by Gasteiger charge is 2.89. The fraction of sp³-hybridized carbons (Fsp3) is 0.794. The molecule has 2 aliphatic heterocycles. The van der Waals surface area contributed by atoms with Crippen molar-refractivity contribution in [2.45, 2.75) is 172 Å². The Balaban J connectivity index is 2.67. The van der Waals surface area contributed by atoms with Crippen molar-refractivity contribution in [3.05, 3.63) is 34.4 Å². The van der Waals surface area contributed by atoms with Gasteiger partial charge in [0.15, 0.2) is 8.32 Å². The molecule has 0 aromatic heterocycles. The van der Waals surface area contributed by atoms with Gasteiger partial charge in [-0.1, -0.05) is 129 Å². The minimum Gasteiger partial charge on any atom is -0.425 e. The van der Waals surface area contributed by atoms with Gasteiger partial charge in [-0.05, 0) is 63.4 Å². The molecule has 8 heteroatoms. The van der Waals surface area contributed by atoms with Gasteiger partial charge in [0.2, 0.25) is 0 Å². The van der Waals surface area contributed by atoms with E-state index in [1.165, 1.54) is 40.8 Å². The van der Waals surface area contributed by atoms with E-state index in [1.54, 1.807) is 0 Å². The lowest BCUT2D eigenvalue weighted by Gasteiger charge is -2.63. The molecule has 240 valence electrons. The van der Waals surface area contributed by atoms with E-state index in [4.69, 9.17) is 13.8 Å². The van der Waals surface area contributed by atoms with Gasteiger partial charge in [-0.25, -0.2) is 0 Å². The number of oxime groups is 1. The predicted molar refractivity (Wildman–Crippen MR) is 200 cm³/mol. The number of nitrogens with zero attached hydrogens (tertiary/aromatic N) is 1. The lowest BCUT2D eigenvalue weighted by molar-refractivity contribution is 0.248. The summed E-state index contributed by atoms with van der Waals surface area (Å²) < 4.78 is 16.0. The molecule has 0 N–H and O–H groups in total. The number of hydrogen-bond donors (Lipinski definition) is 0. The largest absolute Gasteiger partial charge is 0.427 e. The zero-order chi connectivity index (χ0) is 32.6. The number of benzene rings is 1. The maximum absolute atomic E-state index is 8.30. The molecule has 3 nitrogen and oxygen atoms in total. The molecule has 42 heavy (non-hydrogen) atoms. The third-order valence-electron chi connectivity index (χ3n) is 14.0. The van der Waals surface area contributed by atoms with Crippen molar-refractivity contribution >= 4 is 46.8 Å². The third-order valence-corrected chi connectivity index (χ3v) is 52.3. The zero-order valence-electron chi connectivity index (χ0n) is 31.1. The van der Waals surface area contributed by atoms with Crippen molar-refractivity contribution in [3.63, 3.8) is 0 Å². The monoisotopic (exact) mass is 661 g/mol. The van der Waals surface area contributed by atoms with Crippen LogP contribution in [0.25, 0.3) is 0 Å². The maximum atomic E-state index is 8.30. The summed E-state index contributed by atoms with van der Waals surface area (Å²) >= 11 is 0. The molecule has 0 saturated carbocycles. The first-order valence-corrected chi connectivity index (χ1v) is 30.9. The molecule has 0 bridgehead atoms. The minimum absolute atomic E-state index is 0.0869. The van der Waals surface area contributed by atoms with Crippen LogP contribution in [0.4, 0.5) is 0 Å². The van der Waals surface area contributed by atoms with Crippen molar-refractivity contribution in [2.24, 2.45) is 5.16 Å². The Bertz CT molecular complexity index is 1170. The van der Waals surface area contributed by atoms with Crippen molar-refractivity contribution in [2.75, 3.05) is 0 Å². The summed E-state index contributed by atoms with van der Waals surface area (Å²) in [5, 5.41) is 5.47. The second-order valence-electron chi connectivity index (χ2n) is 17.7. The summed E-state index contributed by atoms with van der Waals surface area (Å²) in [6.45, 7) is 48.1. The van der Waals surface area contributed by atoms with Crippen LogP contribution in [0, 0.1) is 20.8 Å². The fourth-order valence-electron chi connectivity index (χ4n) is 9.03. The van der Waals surface area contributed by atoms with E-state index in [0.717, 1.165) is 0 Å². The molecule has 0 spiro atoms. The van der Waals surface area contributed by atoms with Crippen LogP contribution in [0.3, 0.4) is 0 Å². The molecule has 0 radical (unpaired) electrons. The predicted octanol–water partition coefficient (Wildman–Crippen LogP) is 11.7. The molecular formula is C34H67NO2Si5. The van der Waals surface area contributed by atoms with E-state index in [0.29, 0.717) is 22.2 Å². The molecule has 1 fully saturated rings. The van der Waals surface area contributed by atoms with Crippen molar-refractivity contribution < 1.29 is 8.64 Å². The average molecular weight is 662 g/mol. The maximum Gasteiger partial charge on any atom is 0.427 e. The number of rotatable bonds is 10. The molecule has 1 saturated heterocycles. The van der Waals surface area contributed by atoms with E-state index in [9.17, 15) is 0 Å². The first kappa shape index (κ1) is 36.2.